The number of esters is 1. The average molecular weight is 407 g/mol. The molecule has 0 aliphatic carbocycles. The highest BCUT2D eigenvalue weighted by molar-refractivity contribution is 6.30. The standard InChI is InChI=1S/C19H16ClFN2O5/c20-14-5-1-13(2-6-14)19(27)23-9-17(25)22-10-18(26)28-11-16(24)12-3-7-15(21)8-4-12/h1-8H,9-11H2,(H,22,25)(H,23,27). The molecule has 0 fully saturated rings. The summed E-state index contributed by atoms with van der Waals surface area (Å²) in [5.41, 5.74) is 0.527. The van der Waals surface area contributed by atoms with Crippen molar-refractivity contribution in [2.24, 2.45) is 0 Å². The normalized spacial score (nSPS) is 10.1. The molecule has 28 heavy (non-hydrogen) atoms. The highest BCUT2D eigenvalue weighted by Crippen LogP contribution is 2.09. The van der Waals surface area contributed by atoms with Gasteiger partial charge in [0.25, 0.3) is 5.91 Å². The zero-order valence-corrected chi connectivity index (χ0v) is 15.3. The van der Waals surface area contributed by atoms with Crippen molar-refractivity contribution in [3.05, 3.63) is 70.5 Å². The molecule has 0 spiro atoms. The molecule has 2 N–H and O–H groups in total. The smallest absolute Gasteiger partial charge is 0.325 e. The minimum Gasteiger partial charge on any atom is -0.456 e. The molecular formula is C19H16ClFN2O5. The molecule has 0 aromatic heterocycles. The molecule has 9 heteroatoms. The van der Waals surface area contributed by atoms with E-state index in [0.717, 1.165) is 12.1 Å². The Kier molecular flexibility index (Phi) is 7.65. The molecule has 0 atom stereocenters. The van der Waals surface area contributed by atoms with Gasteiger partial charge in [-0.1, -0.05) is 11.6 Å². The predicted octanol–water partition coefficient (Wildman–Crippen LogP) is 1.75. The largest absolute Gasteiger partial charge is 0.456 e. The molecule has 7 nitrogen and oxygen atoms in total. The first-order chi connectivity index (χ1) is 13.3. The van der Waals surface area contributed by atoms with Gasteiger partial charge in [0.05, 0.1) is 6.54 Å². The third-order valence-electron chi connectivity index (χ3n) is 3.48. The summed E-state index contributed by atoms with van der Waals surface area (Å²) < 4.78 is 17.5. The maximum atomic E-state index is 12.8. The zero-order valence-electron chi connectivity index (χ0n) is 14.5. The van der Waals surface area contributed by atoms with E-state index in [-0.39, 0.29) is 12.1 Å². The lowest BCUT2D eigenvalue weighted by atomic mass is 10.1. The second kappa shape index (κ2) is 10.2. The van der Waals surface area contributed by atoms with Gasteiger partial charge >= 0.3 is 5.97 Å². The molecule has 0 heterocycles. The second-order valence-electron chi connectivity index (χ2n) is 5.56. The Bertz CT molecular complexity index is 795. The Balaban J connectivity index is 1.67. The van der Waals surface area contributed by atoms with Gasteiger partial charge in [-0.25, -0.2) is 4.39 Å². The van der Waals surface area contributed by atoms with Crippen LogP contribution < -0.4 is 10.6 Å². The first-order valence-corrected chi connectivity index (χ1v) is 8.48. The lowest BCUT2D eigenvalue weighted by molar-refractivity contribution is -0.142. The highest BCUT2D eigenvalue weighted by Gasteiger charge is 2.12. The molecular weight excluding hydrogens is 391 g/mol. The van der Waals surface area contributed by atoms with Gasteiger partial charge in [-0.2, -0.15) is 0 Å². The Morgan fingerprint density at radius 1 is 0.857 bits per heavy atom. The molecule has 2 amide bonds. The number of hydrogen-bond acceptors (Lipinski definition) is 5. The molecule has 0 unspecified atom stereocenters. The van der Waals surface area contributed by atoms with Crippen molar-refractivity contribution >= 4 is 35.2 Å². The fourth-order valence-electron chi connectivity index (χ4n) is 2.01. The first-order valence-electron chi connectivity index (χ1n) is 8.10. The number of hydrogen-bond donors (Lipinski definition) is 2. The van der Waals surface area contributed by atoms with E-state index < -0.39 is 42.5 Å². The van der Waals surface area contributed by atoms with Gasteiger partial charge in [-0.3, -0.25) is 19.2 Å². The van der Waals surface area contributed by atoms with Crippen LogP contribution in [0, 0.1) is 5.82 Å². The van der Waals surface area contributed by atoms with E-state index >= 15 is 0 Å². The van der Waals surface area contributed by atoms with Crippen LogP contribution >= 0.6 is 11.6 Å². The van der Waals surface area contributed by atoms with Crippen LogP contribution in [0.15, 0.2) is 48.5 Å². The third-order valence-corrected chi connectivity index (χ3v) is 3.73. The Morgan fingerprint density at radius 2 is 1.46 bits per heavy atom. The minimum absolute atomic E-state index is 0.197. The van der Waals surface area contributed by atoms with Crippen molar-refractivity contribution in [2.75, 3.05) is 19.7 Å². The molecule has 2 rings (SSSR count). The summed E-state index contributed by atoms with van der Waals surface area (Å²) in [5, 5.41) is 5.12. The summed E-state index contributed by atoms with van der Waals surface area (Å²) in [6.07, 6.45) is 0. The number of Topliss-reactive ketones (excluding diaryl/α,β-unsaturated/α-hetero) is 1. The van der Waals surface area contributed by atoms with Gasteiger partial charge in [0.2, 0.25) is 5.91 Å². The van der Waals surface area contributed by atoms with Crippen LogP contribution in [0.2, 0.25) is 5.02 Å². The van der Waals surface area contributed by atoms with Crippen LogP contribution in [0.4, 0.5) is 4.39 Å². The van der Waals surface area contributed by atoms with E-state index in [1.807, 2.05) is 0 Å². The number of ketones is 1. The third kappa shape index (κ3) is 6.81. The summed E-state index contributed by atoms with van der Waals surface area (Å²) in [4.78, 5) is 46.9. The topological polar surface area (TPSA) is 102 Å². The van der Waals surface area contributed by atoms with E-state index in [1.54, 1.807) is 12.1 Å². The monoisotopic (exact) mass is 406 g/mol. The Labute approximate surface area is 164 Å². The van der Waals surface area contributed by atoms with Gasteiger partial charge in [-0.15, -0.1) is 0 Å². The van der Waals surface area contributed by atoms with Crippen LogP contribution in [-0.4, -0.2) is 43.3 Å². The van der Waals surface area contributed by atoms with Gasteiger partial charge < -0.3 is 15.4 Å². The number of rotatable bonds is 8. The quantitative estimate of drug-likeness (QED) is 0.513. The lowest BCUT2D eigenvalue weighted by Gasteiger charge is -2.07. The van der Waals surface area contributed by atoms with Gasteiger partial charge in [0.1, 0.15) is 12.4 Å². The number of carbonyl (C=O) groups is 4. The van der Waals surface area contributed by atoms with E-state index in [1.165, 1.54) is 24.3 Å². The van der Waals surface area contributed by atoms with Crippen molar-refractivity contribution in [2.45, 2.75) is 0 Å². The molecule has 0 aliphatic rings. The molecule has 2 aromatic rings. The summed E-state index contributed by atoms with van der Waals surface area (Å²) in [6, 6.07) is 10.9. The SMILES string of the molecule is O=C(CNC(=O)c1ccc(Cl)cc1)NCC(=O)OCC(=O)c1ccc(F)cc1. The highest BCUT2D eigenvalue weighted by atomic mass is 35.5. The van der Waals surface area contributed by atoms with E-state index in [9.17, 15) is 23.6 Å². The van der Waals surface area contributed by atoms with Gasteiger partial charge in [0.15, 0.2) is 12.4 Å². The number of amides is 2. The van der Waals surface area contributed by atoms with Crippen LogP contribution in [0.5, 0.6) is 0 Å². The fourth-order valence-corrected chi connectivity index (χ4v) is 2.14. The number of nitrogens with one attached hydrogen (secondary N) is 2. The molecule has 0 radical (unpaired) electrons. The van der Waals surface area contributed by atoms with Gasteiger partial charge in [-0.05, 0) is 48.5 Å². The van der Waals surface area contributed by atoms with E-state index in [0.29, 0.717) is 10.6 Å². The summed E-state index contributed by atoms with van der Waals surface area (Å²) in [5.74, 6) is -2.90. The maximum absolute atomic E-state index is 12.8. The number of ether oxygens (including phenoxy) is 1. The minimum atomic E-state index is -0.826. The average Bonchev–Trinajstić information content (AvgIpc) is 2.69. The van der Waals surface area contributed by atoms with Crippen molar-refractivity contribution in [3.8, 4) is 0 Å². The summed E-state index contributed by atoms with van der Waals surface area (Å²) in [6.45, 7) is -1.34. The fraction of sp³-hybridized carbons (Fsp3) is 0.158. The van der Waals surface area contributed by atoms with Crippen LogP contribution in [0.25, 0.3) is 0 Å². The Morgan fingerprint density at radius 3 is 2.11 bits per heavy atom. The molecule has 0 saturated heterocycles. The lowest BCUT2D eigenvalue weighted by Crippen LogP contribution is -2.39. The van der Waals surface area contributed by atoms with Crippen LogP contribution in [-0.2, 0) is 14.3 Å². The number of carbonyl (C=O) groups excluding carboxylic acids is 4. The van der Waals surface area contributed by atoms with E-state index in [4.69, 9.17) is 16.3 Å². The predicted molar refractivity (Wildman–Crippen MR) is 98.5 cm³/mol. The van der Waals surface area contributed by atoms with Gasteiger partial charge in [0, 0.05) is 16.1 Å². The second-order valence-corrected chi connectivity index (χ2v) is 5.99. The number of halogens is 2. The van der Waals surface area contributed by atoms with Crippen molar-refractivity contribution in [1.29, 1.82) is 0 Å². The van der Waals surface area contributed by atoms with E-state index in [2.05, 4.69) is 10.6 Å². The Hall–Kier alpha value is -3.26. The van der Waals surface area contributed by atoms with Crippen LogP contribution in [0.1, 0.15) is 20.7 Å². The molecule has 0 saturated carbocycles. The maximum Gasteiger partial charge on any atom is 0.325 e. The van der Waals surface area contributed by atoms with Crippen molar-refractivity contribution < 1.29 is 28.3 Å². The molecule has 0 aliphatic heterocycles. The van der Waals surface area contributed by atoms with Crippen molar-refractivity contribution in [3.63, 3.8) is 0 Å². The molecule has 146 valence electrons. The number of benzene rings is 2. The molecule has 0 bridgehead atoms. The van der Waals surface area contributed by atoms with Crippen molar-refractivity contribution in [1.82, 2.24) is 10.6 Å². The summed E-state index contributed by atoms with van der Waals surface area (Å²) >= 11 is 5.73. The summed E-state index contributed by atoms with van der Waals surface area (Å²) in [7, 11) is 0. The zero-order chi connectivity index (χ0) is 20.5. The molecule has 2 aromatic carbocycles. The first kappa shape index (κ1) is 21.0. The van der Waals surface area contributed by atoms with Crippen LogP contribution in [0.3, 0.4) is 0 Å².